The molecule has 2 aromatic rings. The van der Waals surface area contributed by atoms with Gasteiger partial charge in [0.15, 0.2) is 0 Å². The fraction of sp³-hybridized carbons (Fsp3) is 0.278. The van der Waals surface area contributed by atoms with Crippen LogP contribution in [0.25, 0.3) is 0 Å². The quantitative estimate of drug-likeness (QED) is 0.905. The summed E-state index contributed by atoms with van der Waals surface area (Å²) in [7, 11) is 0. The molecule has 0 heterocycles. The molecule has 1 atom stereocenters. The Balaban J connectivity index is 2.00. The Kier molecular flexibility index (Phi) is 4.55. The second-order valence-corrected chi connectivity index (χ2v) is 5.33. The Labute approximate surface area is 121 Å². The highest BCUT2D eigenvalue weighted by molar-refractivity contribution is 5.32. The summed E-state index contributed by atoms with van der Waals surface area (Å²) < 4.78 is 0. The highest BCUT2D eigenvalue weighted by atomic mass is 14.9. The first-order chi connectivity index (χ1) is 9.58. The molecule has 1 N–H and O–H groups in total. The van der Waals surface area contributed by atoms with Gasteiger partial charge in [-0.2, -0.15) is 5.26 Å². The summed E-state index contributed by atoms with van der Waals surface area (Å²) in [6, 6.07) is 16.8. The zero-order valence-corrected chi connectivity index (χ0v) is 12.3. The van der Waals surface area contributed by atoms with Crippen LogP contribution in [0, 0.1) is 25.2 Å². The van der Waals surface area contributed by atoms with E-state index in [0.717, 1.165) is 6.54 Å². The van der Waals surface area contributed by atoms with Crippen LogP contribution in [0.4, 0.5) is 0 Å². The molecule has 0 aromatic heterocycles. The second kappa shape index (κ2) is 6.36. The van der Waals surface area contributed by atoms with Gasteiger partial charge in [0.1, 0.15) is 0 Å². The van der Waals surface area contributed by atoms with Crippen molar-refractivity contribution >= 4 is 0 Å². The van der Waals surface area contributed by atoms with Crippen molar-refractivity contribution in [3.8, 4) is 6.07 Å². The second-order valence-electron chi connectivity index (χ2n) is 5.33. The van der Waals surface area contributed by atoms with E-state index in [1.165, 1.54) is 22.3 Å². The molecule has 2 heteroatoms. The Morgan fingerprint density at radius 2 is 1.65 bits per heavy atom. The SMILES string of the molecule is Cc1cc(C)cc(C(C)NCc2ccc(C#N)cc2)c1. The fourth-order valence-corrected chi connectivity index (χ4v) is 2.35. The van der Waals surface area contributed by atoms with E-state index < -0.39 is 0 Å². The number of aryl methyl sites for hydroxylation is 2. The molecule has 0 bridgehead atoms. The van der Waals surface area contributed by atoms with Gasteiger partial charge in [-0.1, -0.05) is 41.5 Å². The normalized spacial score (nSPS) is 11.9. The van der Waals surface area contributed by atoms with Crippen molar-refractivity contribution in [3.63, 3.8) is 0 Å². The highest BCUT2D eigenvalue weighted by Crippen LogP contribution is 2.17. The van der Waals surface area contributed by atoms with Crippen molar-refractivity contribution in [1.29, 1.82) is 5.26 Å². The molecule has 102 valence electrons. The number of hydrogen-bond donors (Lipinski definition) is 1. The molecule has 0 aliphatic heterocycles. The maximum atomic E-state index is 8.78. The Morgan fingerprint density at radius 3 is 2.20 bits per heavy atom. The summed E-state index contributed by atoms with van der Waals surface area (Å²) in [5.74, 6) is 0. The predicted octanol–water partition coefficient (Wildman–Crippen LogP) is 4.03. The van der Waals surface area contributed by atoms with Crippen molar-refractivity contribution in [1.82, 2.24) is 5.32 Å². The largest absolute Gasteiger partial charge is 0.306 e. The molecule has 0 saturated heterocycles. The molecule has 0 radical (unpaired) electrons. The summed E-state index contributed by atoms with van der Waals surface area (Å²) in [6.45, 7) is 7.24. The first-order valence-electron chi connectivity index (χ1n) is 6.89. The van der Waals surface area contributed by atoms with E-state index in [4.69, 9.17) is 5.26 Å². The van der Waals surface area contributed by atoms with Gasteiger partial charge in [-0.25, -0.2) is 0 Å². The standard InChI is InChI=1S/C18H20N2/c1-13-8-14(2)10-18(9-13)15(3)20-12-17-6-4-16(11-19)5-7-17/h4-10,15,20H,12H2,1-3H3. The van der Waals surface area contributed by atoms with Gasteiger partial charge in [0, 0.05) is 12.6 Å². The van der Waals surface area contributed by atoms with Crippen molar-refractivity contribution in [2.45, 2.75) is 33.4 Å². The minimum Gasteiger partial charge on any atom is -0.306 e. The molecule has 2 nitrogen and oxygen atoms in total. The number of nitrogens with zero attached hydrogens (tertiary/aromatic N) is 1. The molecule has 0 fully saturated rings. The molecule has 0 saturated carbocycles. The Hall–Kier alpha value is -2.11. The van der Waals surface area contributed by atoms with Crippen LogP contribution in [0.15, 0.2) is 42.5 Å². The topological polar surface area (TPSA) is 35.8 Å². The summed E-state index contributed by atoms with van der Waals surface area (Å²) in [6.07, 6.45) is 0. The highest BCUT2D eigenvalue weighted by Gasteiger charge is 2.06. The minimum absolute atomic E-state index is 0.309. The summed E-state index contributed by atoms with van der Waals surface area (Å²) in [4.78, 5) is 0. The van der Waals surface area contributed by atoms with E-state index in [2.05, 4.69) is 50.4 Å². The van der Waals surface area contributed by atoms with Crippen LogP contribution in [-0.4, -0.2) is 0 Å². The van der Waals surface area contributed by atoms with Gasteiger partial charge in [-0.05, 0) is 44.0 Å². The van der Waals surface area contributed by atoms with E-state index in [1.54, 1.807) is 0 Å². The molecular formula is C18H20N2. The number of nitriles is 1. The van der Waals surface area contributed by atoms with Crippen LogP contribution in [0.3, 0.4) is 0 Å². The van der Waals surface area contributed by atoms with Crippen LogP contribution in [0.2, 0.25) is 0 Å². The smallest absolute Gasteiger partial charge is 0.0991 e. The molecule has 1 unspecified atom stereocenters. The molecule has 0 aliphatic rings. The lowest BCUT2D eigenvalue weighted by Gasteiger charge is -2.16. The van der Waals surface area contributed by atoms with Gasteiger partial charge < -0.3 is 5.32 Å². The number of nitrogens with one attached hydrogen (secondary N) is 1. The first kappa shape index (κ1) is 14.3. The van der Waals surface area contributed by atoms with E-state index in [9.17, 15) is 0 Å². The summed E-state index contributed by atoms with van der Waals surface area (Å²) in [5.41, 5.74) is 5.81. The average Bonchev–Trinajstić information content (AvgIpc) is 2.44. The zero-order chi connectivity index (χ0) is 14.5. The van der Waals surface area contributed by atoms with Gasteiger partial charge in [0.05, 0.1) is 11.6 Å². The molecule has 0 spiro atoms. The molecule has 0 amide bonds. The van der Waals surface area contributed by atoms with E-state index in [-0.39, 0.29) is 0 Å². The van der Waals surface area contributed by atoms with Crippen LogP contribution in [0.1, 0.15) is 40.8 Å². The number of rotatable bonds is 4. The third-order valence-corrected chi connectivity index (χ3v) is 3.44. The molecule has 20 heavy (non-hydrogen) atoms. The minimum atomic E-state index is 0.309. The first-order valence-corrected chi connectivity index (χ1v) is 6.89. The van der Waals surface area contributed by atoms with Gasteiger partial charge in [0.25, 0.3) is 0 Å². The van der Waals surface area contributed by atoms with Gasteiger partial charge in [-0.3, -0.25) is 0 Å². The lowest BCUT2D eigenvalue weighted by atomic mass is 10.0. The molecular weight excluding hydrogens is 244 g/mol. The van der Waals surface area contributed by atoms with Crippen LogP contribution in [-0.2, 0) is 6.54 Å². The number of hydrogen-bond acceptors (Lipinski definition) is 2. The van der Waals surface area contributed by atoms with Crippen molar-refractivity contribution in [2.24, 2.45) is 0 Å². The van der Waals surface area contributed by atoms with E-state index >= 15 is 0 Å². The molecule has 0 aliphatic carbocycles. The molecule has 2 aromatic carbocycles. The van der Waals surface area contributed by atoms with Crippen molar-refractivity contribution in [2.75, 3.05) is 0 Å². The third kappa shape index (κ3) is 3.69. The number of benzene rings is 2. The van der Waals surface area contributed by atoms with Crippen molar-refractivity contribution < 1.29 is 0 Å². The van der Waals surface area contributed by atoms with E-state index in [1.807, 2.05) is 24.3 Å². The Morgan fingerprint density at radius 1 is 1.05 bits per heavy atom. The monoisotopic (exact) mass is 264 g/mol. The molecule has 2 rings (SSSR count). The van der Waals surface area contributed by atoms with Crippen molar-refractivity contribution in [3.05, 3.63) is 70.3 Å². The van der Waals surface area contributed by atoms with Crippen LogP contribution >= 0.6 is 0 Å². The van der Waals surface area contributed by atoms with Crippen LogP contribution < -0.4 is 5.32 Å². The predicted molar refractivity (Wildman–Crippen MR) is 82.3 cm³/mol. The fourth-order valence-electron chi connectivity index (χ4n) is 2.35. The zero-order valence-electron chi connectivity index (χ0n) is 12.3. The maximum absolute atomic E-state index is 8.78. The lowest BCUT2D eigenvalue weighted by Crippen LogP contribution is -2.18. The Bertz CT molecular complexity index is 601. The lowest BCUT2D eigenvalue weighted by molar-refractivity contribution is 0.574. The van der Waals surface area contributed by atoms with E-state index in [0.29, 0.717) is 11.6 Å². The van der Waals surface area contributed by atoms with Gasteiger partial charge in [0.2, 0.25) is 0 Å². The summed E-state index contributed by atoms with van der Waals surface area (Å²) in [5, 5.41) is 12.3. The van der Waals surface area contributed by atoms with Gasteiger partial charge >= 0.3 is 0 Å². The van der Waals surface area contributed by atoms with Crippen LogP contribution in [0.5, 0.6) is 0 Å². The third-order valence-electron chi connectivity index (χ3n) is 3.44. The summed E-state index contributed by atoms with van der Waals surface area (Å²) >= 11 is 0. The van der Waals surface area contributed by atoms with Gasteiger partial charge in [-0.15, -0.1) is 0 Å². The maximum Gasteiger partial charge on any atom is 0.0991 e. The average molecular weight is 264 g/mol.